The van der Waals surface area contributed by atoms with Crippen LogP contribution in [0.1, 0.15) is 24.8 Å². The maximum absolute atomic E-state index is 13.2. The van der Waals surface area contributed by atoms with Gasteiger partial charge in [-0.2, -0.15) is 17.4 Å². The Bertz CT molecular complexity index is 1050. The first-order valence-electron chi connectivity index (χ1n) is 10.3. The molecule has 166 valence electrons. The van der Waals surface area contributed by atoms with Crippen molar-refractivity contribution < 1.29 is 18.3 Å². The van der Waals surface area contributed by atoms with E-state index in [4.69, 9.17) is 11.6 Å². The summed E-state index contributed by atoms with van der Waals surface area (Å²) >= 11 is 5.96. The Morgan fingerprint density at radius 2 is 1.74 bits per heavy atom. The fourth-order valence-corrected chi connectivity index (χ4v) is 6.40. The number of hydrogen-bond donors (Lipinski definition) is 2. The van der Waals surface area contributed by atoms with Crippen molar-refractivity contribution >= 4 is 33.5 Å². The predicted octanol–water partition coefficient (Wildman–Crippen LogP) is 2.94. The molecule has 1 heterocycles. The summed E-state index contributed by atoms with van der Waals surface area (Å²) in [6.07, 6.45) is 0.640. The van der Waals surface area contributed by atoms with E-state index >= 15 is 0 Å². The molecule has 4 rings (SSSR count). The van der Waals surface area contributed by atoms with Crippen LogP contribution in [0.5, 0.6) is 0 Å². The summed E-state index contributed by atoms with van der Waals surface area (Å²) in [4.78, 5) is 14.3. The van der Waals surface area contributed by atoms with E-state index in [1.54, 1.807) is 6.92 Å². The number of nitrogens with one attached hydrogen (secondary N) is 1. The van der Waals surface area contributed by atoms with Gasteiger partial charge in [0.15, 0.2) is 0 Å². The van der Waals surface area contributed by atoms with E-state index in [-0.39, 0.29) is 12.5 Å². The number of carboxylic acid groups (broad SMARTS) is 1. The Hall–Kier alpha value is -2.13. The maximum Gasteiger partial charge on any atom is 0.325 e. The molecule has 1 saturated heterocycles. The minimum absolute atomic E-state index is 0.276. The second kappa shape index (κ2) is 8.43. The smallest absolute Gasteiger partial charge is 0.325 e. The van der Waals surface area contributed by atoms with Gasteiger partial charge in [0.25, 0.3) is 10.2 Å². The highest BCUT2D eigenvalue weighted by Gasteiger charge is 2.70. The Labute approximate surface area is 187 Å². The lowest BCUT2D eigenvalue weighted by atomic mass is 10.1. The molecule has 1 aliphatic carbocycles. The zero-order valence-corrected chi connectivity index (χ0v) is 18.8. The molecule has 2 aliphatic rings. The molecular weight excluding hydrogens is 438 g/mol. The lowest BCUT2D eigenvalue weighted by Gasteiger charge is -2.25. The molecule has 0 bridgehead atoms. The van der Waals surface area contributed by atoms with Gasteiger partial charge in [-0.3, -0.25) is 4.79 Å². The van der Waals surface area contributed by atoms with Crippen LogP contribution >= 0.6 is 11.6 Å². The predicted molar refractivity (Wildman–Crippen MR) is 121 cm³/mol. The molecule has 2 aromatic rings. The summed E-state index contributed by atoms with van der Waals surface area (Å²) < 4.78 is 30.4. The molecule has 1 aliphatic heterocycles. The fraction of sp³-hybridized carbons (Fsp3) is 0.409. The molecule has 2 N–H and O–H groups in total. The summed E-state index contributed by atoms with van der Waals surface area (Å²) in [5.41, 5.74) is 0.283. The van der Waals surface area contributed by atoms with Gasteiger partial charge in [-0.05, 0) is 42.2 Å². The molecule has 3 atom stereocenters. The van der Waals surface area contributed by atoms with Gasteiger partial charge in [-0.25, -0.2) is 0 Å². The lowest BCUT2D eigenvalue weighted by molar-refractivity contribution is -0.140. The van der Waals surface area contributed by atoms with Crippen molar-refractivity contribution in [2.24, 2.45) is 5.92 Å². The fourth-order valence-electron chi connectivity index (χ4n) is 4.62. The van der Waals surface area contributed by atoms with Crippen LogP contribution in [0.4, 0.5) is 5.69 Å². The molecule has 1 saturated carbocycles. The molecule has 2 aromatic carbocycles. The molecule has 7 nitrogen and oxygen atoms in total. The van der Waals surface area contributed by atoms with Crippen molar-refractivity contribution in [1.82, 2.24) is 9.03 Å². The van der Waals surface area contributed by atoms with E-state index in [0.717, 1.165) is 11.3 Å². The first-order valence-corrected chi connectivity index (χ1v) is 12.2. The monoisotopic (exact) mass is 463 g/mol. The number of hydrogen-bond acceptors (Lipinski definition) is 4. The molecule has 0 radical (unpaired) electrons. The van der Waals surface area contributed by atoms with Gasteiger partial charge >= 0.3 is 5.97 Å². The molecule has 31 heavy (non-hydrogen) atoms. The zero-order valence-electron chi connectivity index (χ0n) is 17.2. The average Bonchev–Trinajstić information content (AvgIpc) is 3.41. The number of halogens is 1. The van der Waals surface area contributed by atoms with E-state index in [9.17, 15) is 18.3 Å². The quantitative estimate of drug-likeness (QED) is 0.687. The topological polar surface area (TPSA) is 90.0 Å². The summed E-state index contributed by atoms with van der Waals surface area (Å²) in [7, 11) is -3.98. The normalized spacial score (nSPS) is 27.0. The number of carbonyl (C=O) groups is 1. The van der Waals surface area contributed by atoms with E-state index in [0.29, 0.717) is 31.1 Å². The summed E-state index contributed by atoms with van der Waals surface area (Å²) in [5.74, 6) is -1.90. The lowest BCUT2D eigenvalue weighted by Crippen LogP contribution is -2.52. The van der Waals surface area contributed by atoms with Crippen LogP contribution in [-0.4, -0.2) is 55.5 Å². The largest absolute Gasteiger partial charge is 0.480 e. The second-order valence-electron chi connectivity index (χ2n) is 8.17. The van der Waals surface area contributed by atoms with Gasteiger partial charge < -0.3 is 10.0 Å². The van der Waals surface area contributed by atoms with Crippen LogP contribution < -0.4 is 9.62 Å². The van der Waals surface area contributed by atoms with Crippen LogP contribution in [0.25, 0.3) is 0 Å². The number of rotatable bonds is 6. The summed E-state index contributed by atoms with van der Waals surface area (Å²) in [6, 6.07) is 16.7. The Kier molecular flexibility index (Phi) is 6.00. The summed E-state index contributed by atoms with van der Waals surface area (Å²) in [5, 5.41) is 10.6. The second-order valence-corrected chi connectivity index (χ2v) is 10.3. The SMILES string of the molecule is C[C@@H]1[C@H](c2ccccc2)[C@]1(NS(=O)(=O)N1CCCN(c2ccc(Cl)cc2)CC1)C(=O)O. The molecule has 9 heteroatoms. The van der Waals surface area contributed by atoms with Gasteiger partial charge in [-0.15, -0.1) is 0 Å². The molecule has 2 fully saturated rings. The van der Waals surface area contributed by atoms with E-state index < -0.39 is 27.6 Å². The van der Waals surface area contributed by atoms with Gasteiger partial charge in [0.05, 0.1) is 0 Å². The van der Waals surface area contributed by atoms with E-state index in [2.05, 4.69) is 9.62 Å². The van der Waals surface area contributed by atoms with Gasteiger partial charge in [0.1, 0.15) is 5.54 Å². The standard InChI is InChI=1S/C22H26ClN3O4S/c1-16-20(17-6-3-2-4-7-17)22(16,21(27)28)24-31(29,30)26-13-5-12-25(14-15-26)19-10-8-18(23)9-11-19/h2-4,6-11,16,20,24H,5,12-15H2,1H3,(H,27,28)/t16-,20-,22+/m1/s1. The highest BCUT2D eigenvalue weighted by Crippen LogP contribution is 2.57. The van der Waals surface area contributed by atoms with E-state index in [1.807, 2.05) is 54.6 Å². The first kappa shape index (κ1) is 22.1. The highest BCUT2D eigenvalue weighted by molar-refractivity contribution is 7.87. The zero-order chi connectivity index (χ0) is 22.2. The van der Waals surface area contributed by atoms with Crippen molar-refractivity contribution in [2.45, 2.75) is 24.8 Å². The third-order valence-corrected chi connectivity index (χ3v) is 8.29. The summed E-state index contributed by atoms with van der Waals surface area (Å²) in [6.45, 7) is 3.61. The number of anilines is 1. The van der Waals surface area contributed by atoms with Crippen LogP contribution in [-0.2, 0) is 15.0 Å². The first-order chi connectivity index (χ1) is 14.8. The highest BCUT2D eigenvalue weighted by atomic mass is 35.5. The van der Waals surface area contributed by atoms with Crippen LogP contribution in [0, 0.1) is 5.92 Å². The van der Waals surface area contributed by atoms with Gasteiger partial charge in [0, 0.05) is 42.8 Å². The third-order valence-electron chi connectivity index (χ3n) is 6.40. The average molecular weight is 464 g/mol. The van der Waals surface area contributed by atoms with Crippen molar-refractivity contribution in [3.63, 3.8) is 0 Å². The van der Waals surface area contributed by atoms with Crippen molar-refractivity contribution in [2.75, 3.05) is 31.1 Å². The number of benzene rings is 2. The number of carboxylic acids is 1. The van der Waals surface area contributed by atoms with Crippen LogP contribution in [0.15, 0.2) is 54.6 Å². The Morgan fingerprint density at radius 1 is 1.06 bits per heavy atom. The third kappa shape index (κ3) is 4.17. The molecule has 0 spiro atoms. The van der Waals surface area contributed by atoms with Crippen LogP contribution in [0.3, 0.4) is 0 Å². The van der Waals surface area contributed by atoms with E-state index in [1.165, 1.54) is 4.31 Å². The molecule has 0 unspecified atom stereocenters. The minimum Gasteiger partial charge on any atom is -0.480 e. The van der Waals surface area contributed by atoms with Crippen molar-refractivity contribution in [1.29, 1.82) is 0 Å². The van der Waals surface area contributed by atoms with Gasteiger partial charge in [-0.1, -0.05) is 48.9 Å². The Morgan fingerprint density at radius 3 is 2.39 bits per heavy atom. The number of nitrogens with zero attached hydrogens (tertiary/aromatic N) is 2. The van der Waals surface area contributed by atoms with Gasteiger partial charge in [0.2, 0.25) is 0 Å². The molecule has 0 aromatic heterocycles. The Balaban J connectivity index is 1.50. The maximum atomic E-state index is 13.2. The number of aliphatic carboxylic acids is 1. The van der Waals surface area contributed by atoms with Crippen molar-refractivity contribution in [3.05, 3.63) is 65.2 Å². The van der Waals surface area contributed by atoms with Crippen LogP contribution in [0.2, 0.25) is 5.02 Å². The molecular formula is C22H26ClN3O4S. The molecule has 0 amide bonds. The van der Waals surface area contributed by atoms with Crippen molar-refractivity contribution in [3.8, 4) is 0 Å². The minimum atomic E-state index is -3.98.